The van der Waals surface area contributed by atoms with Gasteiger partial charge in [0.25, 0.3) is 0 Å². The smallest absolute Gasteiger partial charge is 0.337 e. The van der Waals surface area contributed by atoms with E-state index in [0.717, 1.165) is 56.4 Å². The second-order valence-electron chi connectivity index (χ2n) is 7.14. The molecule has 0 radical (unpaired) electrons. The minimum absolute atomic E-state index is 0.322. The van der Waals surface area contributed by atoms with E-state index < -0.39 is 0 Å². The number of carbonyl (C=O) groups excluding carboxylic acids is 1. The largest absolute Gasteiger partial charge is 0.506 e. The number of methoxy groups -OCH3 is 1. The van der Waals surface area contributed by atoms with Crippen LogP contribution in [0.4, 0.5) is 5.69 Å². The van der Waals surface area contributed by atoms with Gasteiger partial charge in [-0.25, -0.2) is 4.79 Å². The number of anilines is 1. The van der Waals surface area contributed by atoms with Crippen LogP contribution in [0.5, 0.6) is 5.75 Å². The highest BCUT2D eigenvalue weighted by Gasteiger charge is 2.21. The van der Waals surface area contributed by atoms with Crippen molar-refractivity contribution in [1.82, 2.24) is 10.2 Å². The third-order valence-electron chi connectivity index (χ3n) is 5.17. The van der Waals surface area contributed by atoms with Crippen molar-refractivity contribution in [3.8, 4) is 5.75 Å². The van der Waals surface area contributed by atoms with Gasteiger partial charge in [-0.1, -0.05) is 24.3 Å². The molecule has 0 amide bonds. The van der Waals surface area contributed by atoms with Crippen molar-refractivity contribution in [2.24, 2.45) is 4.99 Å². The van der Waals surface area contributed by atoms with Crippen LogP contribution < -0.4 is 10.2 Å². The van der Waals surface area contributed by atoms with Crippen molar-refractivity contribution >= 4 is 17.6 Å². The van der Waals surface area contributed by atoms with E-state index in [4.69, 9.17) is 9.73 Å². The summed E-state index contributed by atoms with van der Waals surface area (Å²) in [6.07, 6.45) is 0.800. The van der Waals surface area contributed by atoms with Crippen LogP contribution in [0.15, 0.2) is 53.5 Å². The Labute approximate surface area is 178 Å². The first-order valence-corrected chi connectivity index (χ1v) is 10.4. The van der Waals surface area contributed by atoms with Crippen molar-refractivity contribution in [2.45, 2.75) is 13.3 Å². The fourth-order valence-corrected chi connectivity index (χ4v) is 3.53. The molecule has 3 rings (SSSR count). The first-order chi connectivity index (χ1) is 14.6. The number of guanidine groups is 1. The number of aliphatic imine (C=N–C) groups is 1. The third kappa shape index (κ3) is 5.43. The van der Waals surface area contributed by atoms with Gasteiger partial charge < -0.3 is 25.0 Å². The zero-order valence-electron chi connectivity index (χ0n) is 17.7. The van der Waals surface area contributed by atoms with E-state index in [1.165, 1.54) is 7.11 Å². The number of benzene rings is 2. The van der Waals surface area contributed by atoms with Gasteiger partial charge in [0.05, 0.1) is 18.4 Å². The number of esters is 1. The van der Waals surface area contributed by atoms with Gasteiger partial charge in [0, 0.05) is 39.3 Å². The van der Waals surface area contributed by atoms with Crippen LogP contribution in [0.3, 0.4) is 0 Å². The molecule has 1 aliphatic heterocycles. The Kier molecular flexibility index (Phi) is 7.54. The summed E-state index contributed by atoms with van der Waals surface area (Å²) in [7, 11) is 1.38. The topological polar surface area (TPSA) is 77.4 Å². The number of hydrogen-bond donors (Lipinski definition) is 2. The van der Waals surface area contributed by atoms with Crippen LogP contribution >= 0.6 is 0 Å². The Morgan fingerprint density at radius 2 is 1.80 bits per heavy atom. The van der Waals surface area contributed by atoms with Crippen molar-refractivity contribution in [2.75, 3.05) is 51.3 Å². The molecular weight excluding hydrogens is 380 g/mol. The minimum atomic E-state index is -0.322. The van der Waals surface area contributed by atoms with Gasteiger partial charge in [-0.2, -0.15) is 0 Å². The lowest BCUT2D eigenvalue weighted by Crippen LogP contribution is -2.52. The van der Waals surface area contributed by atoms with Crippen LogP contribution in [0, 0.1) is 0 Å². The van der Waals surface area contributed by atoms with Crippen LogP contribution in [0.25, 0.3) is 0 Å². The molecule has 1 heterocycles. The first kappa shape index (κ1) is 21.5. The molecule has 2 aromatic rings. The summed E-state index contributed by atoms with van der Waals surface area (Å²) >= 11 is 0. The summed E-state index contributed by atoms with van der Waals surface area (Å²) in [6, 6.07) is 14.9. The van der Waals surface area contributed by atoms with Crippen LogP contribution in [0.1, 0.15) is 22.8 Å². The molecule has 160 valence electrons. The summed E-state index contributed by atoms with van der Waals surface area (Å²) < 4.78 is 4.73. The molecular formula is C23H30N4O3. The molecule has 0 aromatic heterocycles. The number of piperazine rings is 1. The van der Waals surface area contributed by atoms with E-state index in [1.807, 2.05) is 30.3 Å². The molecule has 1 fully saturated rings. The molecule has 0 aliphatic carbocycles. The molecule has 7 heteroatoms. The lowest BCUT2D eigenvalue weighted by molar-refractivity contribution is 0.0600. The summed E-state index contributed by atoms with van der Waals surface area (Å²) in [6.45, 7) is 6.89. The molecule has 0 atom stereocenters. The number of phenolic OH excluding ortho intramolecular Hbond substituents is 1. The van der Waals surface area contributed by atoms with Gasteiger partial charge in [-0.15, -0.1) is 0 Å². The third-order valence-corrected chi connectivity index (χ3v) is 5.17. The lowest BCUT2D eigenvalue weighted by Gasteiger charge is -2.37. The van der Waals surface area contributed by atoms with Gasteiger partial charge in [0.2, 0.25) is 0 Å². The molecule has 2 aromatic carbocycles. The summed E-state index contributed by atoms with van der Waals surface area (Å²) in [5, 5.41) is 13.5. The zero-order valence-corrected chi connectivity index (χ0v) is 17.7. The SMILES string of the molecule is CCNC(=NCCc1ccc(C(=O)OC)cc1)N1CCN(c2ccccc2O)CC1. The average molecular weight is 411 g/mol. The number of phenols is 1. The Morgan fingerprint density at radius 3 is 2.43 bits per heavy atom. The molecule has 0 unspecified atom stereocenters. The maximum absolute atomic E-state index is 11.5. The van der Waals surface area contributed by atoms with Gasteiger partial charge in [-0.05, 0) is 43.2 Å². The standard InChI is InChI=1S/C23H30N4O3/c1-3-24-23(25-13-12-18-8-10-19(11-9-18)22(29)30-2)27-16-14-26(15-17-27)20-6-4-5-7-21(20)28/h4-11,28H,3,12-17H2,1-2H3,(H,24,25). The van der Waals surface area contributed by atoms with E-state index in [9.17, 15) is 9.90 Å². The van der Waals surface area contributed by atoms with E-state index in [1.54, 1.807) is 18.2 Å². The number of carbonyl (C=O) groups is 1. The molecule has 1 saturated heterocycles. The number of rotatable bonds is 6. The van der Waals surface area contributed by atoms with E-state index in [-0.39, 0.29) is 5.97 Å². The fourth-order valence-electron chi connectivity index (χ4n) is 3.53. The van der Waals surface area contributed by atoms with E-state index >= 15 is 0 Å². The molecule has 30 heavy (non-hydrogen) atoms. The summed E-state index contributed by atoms with van der Waals surface area (Å²) in [5.41, 5.74) is 2.57. The monoisotopic (exact) mass is 410 g/mol. The predicted octanol–water partition coefficient (Wildman–Crippen LogP) is 2.51. The molecule has 0 spiro atoms. The normalized spacial score (nSPS) is 14.5. The van der Waals surface area contributed by atoms with Crippen LogP contribution in [-0.2, 0) is 11.2 Å². The number of ether oxygens (including phenoxy) is 1. The molecule has 0 bridgehead atoms. The van der Waals surface area contributed by atoms with Gasteiger partial charge in [0.15, 0.2) is 5.96 Å². The maximum atomic E-state index is 11.5. The molecule has 2 N–H and O–H groups in total. The fraction of sp³-hybridized carbons (Fsp3) is 0.391. The van der Waals surface area contributed by atoms with Crippen molar-refractivity contribution in [1.29, 1.82) is 0 Å². The van der Waals surface area contributed by atoms with Crippen molar-refractivity contribution in [3.05, 3.63) is 59.7 Å². The number of para-hydroxylation sites is 2. The van der Waals surface area contributed by atoms with Crippen LogP contribution in [-0.4, -0.2) is 68.3 Å². The second kappa shape index (κ2) is 10.5. The van der Waals surface area contributed by atoms with Crippen molar-refractivity contribution < 1.29 is 14.6 Å². The molecule has 1 aliphatic rings. The number of hydrogen-bond acceptors (Lipinski definition) is 5. The second-order valence-corrected chi connectivity index (χ2v) is 7.14. The highest BCUT2D eigenvalue weighted by molar-refractivity contribution is 5.89. The Bertz CT molecular complexity index is 859. The molecule has 7 nitrogen and oxygen atoms in total. The lowest BCUT2D eigenvalue weighted by atomic mass is 10.1. The average Bonchev–Trinajstić information content (AvgIpc) is 2.79. The highest BCUT2D eigenvalue weighted by Crippen LogP contribution is 2.27. The number of nitrogens with zero attached hydrogens (tertiary/aromatic N) is 3. The van der Waals surface area contributed by atoms with Crippen molar-refractivity contribution in [3.63, 3.8) is 0 Å². The Balaban J connectivity index is 1.56. The van der Waals surface area contributed by atoms with Crippen LogP contribution in [0.2, 0.25) is 0 Å². The zero-order chi connectivity index (χ0) is 21.3. The maximum Gasteiger partial charge on any atom is 0.337 e. The Hall–Kier alpha value is -3.22. The quantitative estimate of drug-likeness (QED) is 0.433. The predicted molar refractivity (Wildman–Crippen MR) is 119 cm³/mol. The molecule has 0 saturated carbocycles. The van der Waals surface area contributed by atoms with E-state index in [0.29, 0.717) is 17.9 Å². The minimum Gasteiger partial charge on any atom is -0.506 e. The number of nitrogens with one attached hydrogen (secondary N) is 1. The summed E-state index contributed by atoms with van der Waals surface area (Å²) in [5.74, 6) is 0.919. The van der Waals surface area contributed by atoms with Gasteiger partial charge >= 0.3 is 5.97 Å². The Morgan fingerprint density at radius 1 is 1.10 bits per heavy atom. The van der Waals surface area contributed by atoms with Gasteiger partial charge in [-0.3, -0.25) is 4.99 Å². The first-order valence-electron chi connectivity index (χ1n) is 10.4. The highest BCUT2D eigenvalue weighted by atomic mass is 16.5. The van der Waals surface area contributed by atoms with Gasteiger partial charge in [0.1, 0.15) is 5.75 Å². The number of aromatic hydroxyl groups is 1. The van der Waals surface area contributed by atoms with E-state index in [2.05, 4.69) is 22.0 Å². The summed E-state index contributed by atoms with van der Waals surface area (Å²) in [4.78, 5) is 20.8.